The number of benzene rings is 1. The van der Waals surface area contributed by atoms with Crippen molar-refractivity contribution in [1.29, 1.82) is 0 Å². The summed E-state index contributed by atoms with van der Waals surface area (Å²) in [6.45, 7) is 3.08. The molecule has 0 unspecified atom stereocenters. The van der Waals surface area contributed by atoms with Gasteiger partial charge in [0.25, 0.3) is 5.91 Å². The first-order valence-electron chi connectivity index (χ1n) is 13.3. The van der Waals surface area contributed by atoms with Crippen LogP contribution < -0.4 is 21.9 Å². The van der Waals surface area contributed by atoms with Crippen LogP contribution in [0, 0.1) is 0 Å². The number of carbonyl (C=O) groups excluding carboxylic acids is 1. The lowest BCUT2D eigenvalue weighted by molar-refractivity contribution is 0.0961. The van der Waals surface area contributed by atoms with Gasteiger partial charge in [0, 0.05) is 11.0 Å². The maximum absolute atomic E-state index is 12.4. The molecule has 8 heteroatoms. The molecule has 0 spiro atoms. The molecule has 5 N–H and O–H groups in total. The quantitative estimate of drug-likeness (QED) is 0.107. The fourth-order valence-electron chi connectivity index (χ4n) is 3.99. The van der Waals surface area contributed by atoms with Crippen molar-refractivity contribution in [2.75, 3.05) is 23.0 Å². The predicted molar refractivity (Wildman–Crippen MR) is 150 cm³/mol. The van der Waals surface area contributed by atoms with Crippen LogP contribution in [0.2, 0.25) is 0 Å². The average Bonchev–Trinajstić information content (AvgIpc) is 2.86. The van der Waals surface area contributed by atoms with Crippen molar-refractivity contribution in [2.24, 2.45) is 0 Å². The van der Waals surface area contributed by atoms with Gasteiger partial charge in [-0.1, -0.05) is 103 Å². The van der Waals surface area contributed by atoms with E-state index >= 15 is 0 Å². The molecule has 1 aromatic heterocycles. The minimum absolute atomic E-state index is 0.285. The number of hydrazine groups is 1. The van der Waals surface area contributed by atoms with E-state index in [1.807, 2.05) is 12.1 Å². The predicted octanol–water partition coefficient (Wildman–Crippen LogP) is 7.47. The lowest BCUT2D eigenvalue weighted by Crippen LogP contribution is -2.30. The minimum atomic E-state index is -0.285. The summed E-state index contributed by atoms with van der Waals surface area (Å²) in [5.74, 6) is 0.656. The summed E-state index contributed by atoms with van der Waals surface area (Å²) in [7, 11) is 0. The first-order chi connectivity index (χ1) is 17.1. The molecule has 2 rings (SSSR count). The molecule has 35 heavy (non-hydrogen) atoms. The second-order valence-electron chi connectivity index (χ2n) is 9.07. The van der Waals surface area contributed by atoms with Gasteiger partial charge in [-0.25, -0.2) is 9.97 Å². The zero-order valence-electron chi connectivity index (χ0n) is 21.3. The van der Waals surface area contributed by atoms with Crippen LogP contribution in [-0.2, 0) is 0 Å². The van der Waals surface area contributed by atoms with Crippen LogP contribution in [0.25, 0.3) is 0 Å². The van der Waals surface area contributed by atoms with Crippen LogP contribution in [0.1, 0.15) is 107 Å². The van der Waals surface area contributed by atoms with E-state index in [2.05, 4.69) is 49.0 Å². The number of carbonyl (C=O) groups is 1. The molecule has 0 fully saturated rings. The zero-order valence-corrected chi connectivity index (χ0v) is 22.8. The Morgan fingerprint density at radius 1 is 0.829 bits per heavy atom. The van der Waals surface area contributed by atoms with Crippen LogP contribution in [0.5, 0.6) is 0 Å². The number of rotatable bonds is 19. The Kier molecular flexibility index (Phi) is 14.8. The Balaban J connectivity index is 1.54. The average molecular weight is 548 g/mol. The molecule has 0 saturated carbocycles. The van der Waals surface area contributed by atoms with Crippen LogP contribution >= 0.6 is 15.9 Å². The number of nitrogens with two attached hydrogens (primary N) is 1. The van der Waals surface area contributed by atoms with Crippen LogP contribution in [0.15, 0.2) is 35.1 Å². The smallest absolute Gasteiger partial charge is 0.270 e. The fourth-order valence-corrected chi connectivity index (χ4v) is 4.46. The zero-order chi connectivity index (χ0) is 25.1. The van der Waals surface area contributed by atoms with E-state index in [0.717, 1.165) is 13.0 Å². The van der Waals surface area contributed by atoms with Crippen molar-refractivity contribution in [2.45, 2.75) is 96.8 Å². The summed E-state index contributed by atoms with van der Waals surface area (Å²) >= 11 is 3.38. The molecule has 0 atom stereocenters. The molecule has 0 aliphatic carbocycles. The number of aromatic nitrogens is 2. The van der Waals surface area contributed by atoms with Gasteiger partial charge < -0.3 is 11.1 Å². The lowest BCUT2D eigenvalue weighted by Gasteiger charge is -2.13. The summed E-state index contributed by atoms with van der Waals surface area (Å²) in [5.41, 5.74) is 12.5. The van der Waals surface area contributed by atoms with Gasteiger partial charge in [0.05, 0.1) is 5.56 Å². The molecule has 7 nitrogen and oxygen atoms in total. The lowest BCUT2D eigenvalue weighted by atomic mass is 10.0. The SMILES string of the molecule is CCCCCCCCCCCCCCCCNc1ncnc(NNC(=O)c2ccccc2Br)c1N. The van der Waals surface area contributed by atoms with Gasteiger partial charge in [0.15, 0.2) is 11.6 Å². The number of halogens is 1. The Morgan fingerprint density at radius 3 is 1.97 bits per heavy atom. The van der Waals surface area contributed by atoms with Gasteiger partial charge in [0.2, 0.25) is 0 Å². The molecule has 1 amide bonds. The van der Waals surface area contributed by atoms with E-state index in [1.54, 1.807) is 12.1 Å². The summed E-state index contributed by atoms with van der Waals surface area (Å²) in [6, 6.07) is 7.20. The third kappa shape index (κ3) is 11.8. The number of nitrogens with zero attached hydrogens (tertiary/aromatic N) is 2. The Hall–Kier alpha value is -2.35. The van der Waals surface area contributed by atoms with E-state index in [0.29, 0.717) is 27.4 Å². The van der Waals surface area contributed by atoms with Gasteiger partial charge in [-0.2, -0.15) is 0 Å². The molecule has 0 aliphatic heterocycles. The molecule has 0 bridgehead atoms. The van der Waals surface area contributed by atoms with E-state index < -0.39 is 0 Å². The first kappa shape index (κ1) is 28.9. The second-order valence-corrected chi connectivity index (χ2v) is 9.92. The summed E-state index contributed by atoms with van der Waals surface area (Å²) < 4.78 is 0.713. The third-order valence-corrected chi connectivity index (χ3v) is 6.81. The molecule has 194 valence electrons. The van der Waals surface area contributed by atoms with Gasteiger partial charge >= 0.3 is 0 Å². The van der Waals surface area contributed by atoms with Crippen molar-refractivity contribution >= 4 is 39.2 Å². The highest BCUT2D eigenvalue weighted by Gasteiger charge is 2.11. The van der Waals surface area contributed by atoms with Crippen LogP contribution in [-0.4, -0.2) is 22.4 Å². The Morgan fingerprint density at radius 2 is 1.37 bits per heavy atom. The molecule has 0 aliphatic rings. The normalized spacial score (nSPS) is 10.8. The van der Waals surface area contributed by atoms with E-state index in [-0.39, 0.29) is 5.91 Å². The third-order valence-electron chi connectivity index (χ3n) is 6.12. The molecular weight excluding hydrogens is 504 g/mol. The minimum Gasteiger partial charge on any atom is -0.393 e. The number of hydrogen-bond donors (Lipinski definition) is 4. The van der Waals surface area contributed by atoms with E-state index in [9.17, 15) is 4.79 Å². The summed E-state index contributed by atoms with van der Waals surface area (Å²) in [4.78, 5) is 20.7. The number of amides is 1. The van der Waals surface area contributed by atoms with Crippen molar-refractivity contribution in [3.8, 4) is 0 Å². The second kappa shape index (κ2) is 18.0. The molecular formula is C27H43BrN6O. The Bertz CT molecular complexity index is 863. The van der Waals surface area contributed by atoms with Gasteiger partial charge in [0.1, 0.15) is 12.0 Å². The van der Waals surface area contributed by atoms with Crippen molar-refractivity contribution in [1.82, 2.24) is 15.4 Å². The highest BCUT2D eigenvalue weighted by molar-refractivity contribution is 9.10. The number of hydrogen-bond acceptors (Lipinski definition) is 6. The molecule has 1 heterocycles. The fraction of sp³-hybridized carbons (Fsp3) is 0.593. The summed E-state index contributed by atoms with van der Waals surface area (Å²) in [5, 5.41) is 3.29. The standard InChI is InChI=1S/C27H43BrN6O/c1-2-3-4-5-6-7-8-9-10-11-12-13-14-17-20-30-25-24(29)26(32-21-31-25)33-34-27(35)22-18-15-16-19-23(22)28/h15-16,18-19,21H,2-14,17,20,29H2,1H3,(H,34,35)(H2,30,31,32,33). The summed E-state index contributed by atoms with van der Waals surface area (Å²) in [6.07, 6.45) is 20.2. The van der Waals surface area contributed by atoms with Crippen LogP contribution in [0.4, 0.5) is 17.3 Å². The van der Waals surface area contributed by atoms with Gasteiger partial charge in [-0.05, 0) is 34.5 Å². The highest BCUT2D eigenvalue weighted by Crippen LogP contribution is 2.22. The van der Waals surface area contributed by atoms with Crippen molar-refractivity contribution < 1.29 is 4.79 Å². The number of anilines is 3. The largest absolute Gasteiger partial charge is 0.393 e. The van der Waals surface area contributed by atoms with Gasteiger partial charge in [-0.3, -0.25) is 15.6 Å². The molecule has 1 aromatic carbocycles. The molecule has 0 saturated heterocycles. The number of nitrogen functional groups attached to an aromatic ring is 1. The van der Waals surface area contributed by atoms with Crippen LogP contribution in [0.3, 0.4) is 0 Å². The monoisotopic (exact) mass is 546 g/mol. The number of unbranched alkanes of at least 4 members (excludes halogenated alkanes) is 13. The molecule has 0 radical (unpaired) electrons. The topological polar surface area (TPSA) is 105 Å². The van der Waals surface area contributed by atoms with Crippen molar-refractivity contribution in [3.63, 3.8) is 0 Å². The maximum Gasteiger partial charge on any atom is 0.270 e. The first-order valence-corrected chi connectivity index (χ1v) is 14.1. The number of nitrogens with one attached hydrogen (secondary N) is 3. The van der Waals surface area contributed by atoms with Crippen molar-refractivity contribution in [3.05, 3.63) is 40.6 Å². The molecule has 2 aromatic rings. The van der Waals surface area contributed by atoms with E-state index in [1.165, 1.54) is 89.8 Å². The van der Waals surface area contributed by atoms with E-state index in [4.69, 9.17) is 5.73 Å². The Labute approximate surface area is 219 Å². The maximum atomic E-state index is 12.4. The van der Waals surface area contributed by atoms with Gasteiger partial charge in [-0.15, -0.1) is 0 Å². The highest BCUT2D eigenvalue weighted by atomic mass is 79.9.